The highest BCUT2D eigenvalue weighted by molar-refractivity contribution is 5.75. The molecular weight excluding hydrogens is 328 g/mol. The van der Waals surface area contributed by atoms with Gasteiger partial charge in [-0.05, 0) is 36.1 Å². The lowest BCUT2D eigenvalue weighted by Crippen LogP contribution is -2.40. The van der Waals surface area contributed by atoms with Crippen LogP contribution in [0.25, 0.3) is 0 Å². The highest BCUT2D eigenvalue weighted by Crippen LogP contribution is 2.30. The number of ether oxygens (including phenoxy) is 2. The van der Waals surface area contributed by atoms with E-state index in [1.54, 1.807) is 14.2 Å². The SMILES string of the molecule is COc1ccc(C(C)NC(=O)NC(c2ccccc2)C(C)C)cc1OC. The first-order valence-corrected chi connectivity index (χ1v) is 8.80. The van der Waals surface area contributed by atoms with Crippen molar-refractivity contribution in [3.63, 3.8) is 0 Å². The lowest BCUT2D eigenvalue weighted by Gasteiger charge is -2.24. The van der Waals surface area contributed by atoms with Crippen LogP contribution >= 0.6 is 0 Å². The average molecular weight is 356 g/mol. The van der Waals surface area contributed by atoms with Crippen molar-refractivity contribution in [2.45, 2.75) is 32.9 Å². The first-order chi connectivity index (χ1) is 12.5. The van der Waals surface area contributed by atoms with Gasteiger partial charge in [0, 0.05) is 0 Å². The number of rotatable bonds is 7. The number of amides is 2. The Morgan fingerprint density at radius 3 is 2.08 bits per heavy atom. The molecule has 26 heavy (non-hydrogen) atoms. The summed E-state index contributed by atoms with van der Waals surface area (Å²) in [5, 5.41) is 6.07. The van der Waals surface area contributed by atoms with E-state index >= 15 is 0 Å². The fourth-order valence-corrected chi connectivity index (χ4v) is 2.88. The van der Waals surface area contributed by atoms with Crippen LogP contribution in [-0.4, -0.2) is 20.3 Å². The highest BCUT2D eigenvalue weighted by Gasteiger charge is 2.19. The minimum absolute atomic E-state index is 0.0474. The zero-order valence-corrected chi connectivity index (χ0v) is 16.1. The molecule has 0 saturated carbocycles. The van der Waals surface area contributed by atoms with Crippen molar-refractivity contribution in [1.82, 2.24) is 10.6 Å². The Morgan fingerprint density at radius 2 is 1.50 bits per heavy atom. The Morgan fingerprint density at radius 1 is 0.846 bits per heavy atom. The summed E-state index contributed by atoms with van der Waals surface area (Å²) < 4.78 is 10.6. The maximum Gasteiger partial charge on any atom is 0.315 e. The van der Waals surface area contributed by atoms with Gasteiger partial charge >= 0.3 is 6.03 Å². The van der Waals surface area contributed by atoms with Gasteiger partial charge in [-0.1, -0.05) is 50.2 Å². The van der Waals surface area contributed by atoms with E-state index < -0.39 is 0 Å². The molecule has 0 aliphatic carbocycles. The lowest BCUT2D eigenvalue weighted by atomic mass is 9.96. The van der Waals surface area contributed by atoms with E-state index in [9.17, 15) is 4.79 Å². The van der Waals surface area contributed by atoms with E-state index in [1.807, 2.05) is 55.5 Å². The monoisotopic (exact) mass is 356 g/mol. The van der Waals surface area contributed by atoms with Crippen LogP contribution in [0, 0.1) is 5.92 Å². The van der Waals surface area contributed by atoms with Crippen LogP contribution in [0.3, 0.4) is 0 Å². The largest absolute Gasteiger partial charge is 0.493 e. The molecule has 2 N–H and O–H groups in total. The summed E-state index contributed by atoms with van der Waals surface area (Å²) in [5.41, 5.74) is 2.04. The zero-order valence-electron chi connectivity index (χ0n) is 16.1. The minimum atomic E-state index is -0.199. The number of methoxy groups -OCH3 is 2. The maximum absolute atomic E-state index is 12.5. The molecular formula is C21H28N2O3. The van der Waals surface area contributed by atoms with Crippen LogP contribution < -0.4 is 20.1 Å². The van der Waals surface area contributed by atoms with E-state index in [0.29, 0.717) is 11.5 Å². The van der Waals surface area contributed by atoms with E-state index in [0.717, 1.165) is 11.1 Å². The third-order valence-electron chi connectivity index (χ3n) is 4.37. The van der Waals surface area contributed by atoms with Crippen LogP contribution in [0.1, 0.15) is 44.0 Å². The summed E-state index contributed by atoms with van der Waals surface area (Å²) in [5.74, 6) is 1.58. The quantitative estimate of drug-likeness (QED) is 0.770. The summed E-state index contributed by atoms with van der Waals surface area (Å²) in [6.07, 6.45) is 0. The number of urea groups is 1. The smallest absolute Gasteiger partial charge is 0.315 e. The molecule has 0 spiro atoms. The summed E-state index contributed by atoms with van der Waals surface area (Å²) in [4.78, 5) is 12.5. The zero-order chi connectivity index (χ0) is 19.1. The van der Waals surface area contributed by atoms with Crippen LogP contribution in [0.5, 0.6) is 11.5 Å². The second-order valence-electron chi connectivity index (χ2n) is 6.59. The number of benzene rings is 2. The van der Waals surface area contributed by atoms with Gasteiger partial charge in [0.1, 0.15) is 0 Å². The van der Waals surface area contributed by atoms with Crippen molar-refractivity contribution >= 4 is 6.03 Å². The molecule has 140 valence electrons. The van der Waals surface area contributed by atoms with Gasteiger partial charge in [-0.3, -0.25) is 0 Å². The third kappa shape index (κ3) is 4.91. The Balaban J connectivity index is 2.06. The standard InChI is InChI=1S/C21H28N2O3/c1-14(2)20(16-9-7-6-8-10-16)23-21(24)22-15(3)17-11-12-18(25-4)19(13-17)26-5/h6-15,20H,1-5H3,(H2,22,23,24). The Hall–Kier alpha value is -2.69. The number of nitrogens with one attached hydrogen (secondary N) is 2. The molecule has 0 aromatic heterocycles. The van der Waals surface area contributed by atoms with Crippen LogP contribution in [0.15, 0.2) is 48.5 Å². The second-order valence-corrected chi connectivity index (χ2v) is 6.59. The van der Waals surface area contributed by atoms with E-state index in [2.05, 4.69) is 24.5 Å². The van der Waals surface area contributed by atoms with Gasteiger partial charge in [0.15, 0.2) is 11.5 Å². The summed E-state index contributed by atoms with van der Waals surface area (Å²) >= 11 is 0. The molecule has 2 aromatic rings. The predicted octanol–water partition coefficient (Wildman–Crippen LogP) is 4.46. The lowest BCUT2D eigenvalue weighted by molar-refractivity contribution is 0.230. The molecule has 0 fully saturated rings. The molecule has 5 heteroatoms. The molecule has 5 nitrogen and oxygen atoms in total. The van der Waals surface area contributed by atoms with E-state index in [1.165, 1.54) is 0 Å². The Labute approximate surface area is 155 Å². The second kappa shape index (κ2) is 9.13. The van der Waals surface area contributed by atoms with Gasteiger partial charge in [0.25, 0.3) is 0 Å². The van der Waals surface area contributed by atoms with Gasteiger partial charge in [0.05, 0.1) is 26.3 Å². The minimum Gasteiger partial charge on any atom is -0.493 e. The molecule has 2 aromatic carbocycles. The van der Waals surface area contributed by atoms with Crippen molar-refractivity contribution in [2.24, 2.45) is 5.92 Å². The van der Waals surface area contributed by atoms with Gasteiger partial charge in [-0.15, -0.1) is 0 Å². The fraction of sp³-hybridized carbons (Fsp3) is 0.381. The normalized spacial score (nSPS) is 13.0. The van der Waals surface area contributed by atoms with Crippen molar-refractivity contribution in [1.29, 1.82) is 0 Å². The molecule has 0 radical (unpaired) electrons. The first-order valence-electron chi connectivity index (χ1n) is 8.80. The van der Waals surface area contributed by atoms with Crippen molar-refractivity contribution < 1.29 is 14.3 Å². The first kappa shape index (κ1) is 19.6. The maximum atomic E-state index is 12.5. The number of carbonyl (C=O) groups is 1. The van der Waals surface area contributed by atoms with Crippen molar-refractivity contribution in [3.8, 4) is 11.5 Å². The Kier molecular flexibility index (Phi) is 6.89. The Bertz CT molecular complexity index is 716. The van der Waals surface area contributed by atoms with E-state index in [4.69, 9.17) is 9.47 Å². The van der Waals surface area contributed by atoms with Crippen LogP contribution in [-0.2, 0) is 0 Å². The van der Waals surface area contributed by atoms with Gasteiger partial charge in [0.2, 0.25) is 0 Å². The van der Waals surface area contributed by atoms with Crippen LogP contribution in [0.2, 0.25) is 0 Å². The molecule has 2 unspecified atom stereocenters. The van der Waals surface area contributed by atoms with Crippen molar-refractivity contribution in [2.75, 3.05) is 14.2 Å². The van der Waals surface area contributed by atoms with Gasteiger partial charge < -0.3 is 20.1 Å². The van der Waals surface area contributed by atoms with E-state index in [-0.39, 0.29) is 24.0 Å². The summed E-state index contributed by atoms with van der Waals surface area (Å²) in [6.45, 7) is 6.12. The molecule has 2 rings (SSSR count). The molecule has 0 heterocycles. The van der Waals surface area contributed by atoms with Crippen LogP contribution in [0.4, 0.5) is 4.79 Å². The highest BCUT2D eigenvalue weighted by atomic mass is 16.5. The molecule has 2 amide bonds. The fourth-order valence-electron chi connectivity index (χ4n) is 2.88. The van der Waals surface area contributed by atoms with Gasteiger partial charge in [-0.25, -0.2) is 4.79 Å². The average Bonchev–Trinajstić information content (AvgIpc) is 2.65. The number of carbonyl (C=O) groups excluding carboxylic acids is 1. The number of hydrogen-bond donors (Lipinski definition) is 2. The van der Waals surface area contributed by atoms with Crippen molar-refractivity contribution in [3.05, 3.63) is 59.7 Å². The molecule has 0 saturated heterocycles. The molecule has 0 aliphatic rings. The summed E-state index contributed by atoms with van der Waals surface area (Å²) in [7, 11) is 3.20. The van der Waals surface area contributed by atoms with Gasteiger partial charge in [-0.2, -0.15) is 0 Å². The molecule has 2 atom stereocenters. The predicted molar refractivity (Wildman–Crippen MR) is 104 cm³/mol. The molecule has 0 bridgehead atoms. The third-order valence-corrected chi connectivity index (χ3v) is 4.37. The summed E-state index contributed by atoms with van der Waals surface area (Å²) in [6, 6.07) is 15.2. The topological polar surface area (TPSA) is 59.6 Å². The number of hydrogen-bond acceptors (Lipinski definition) is 3. The molecule has 0 aliphatic heterocycles.